The summed E-state index contributed by atoms with van der Waals surface area (Å²) in [5, 5.41) is 0. The van der Waals surface area contributed by atoms with Crippen molar-refractivity contribution in [1.29, 1.82) is 0 Å². The molecule has 0 aromatic carbocycles. The van der Waals surface area contributed by atoms with Gasteiger partial charge in [0, 0.05) is 30.8 Å². The lowest BCUT2D eigenvalue weighted by Gasteiger charge is -2.16. The molecule has 0 radical (unpaired) electrons. The van der Waals surface area contributed by atoms with Gasteiger partial charge in [-0.25, -0.2) is 0 Å². The lowest BCUT2D eigenvalue weighted by molar-refractivity contribution is 0.514. The highest BCUT2D eigenvalue weighted by Crippen LogP contribution is 2.18. The number of hydrazine groups is 1. The summed E-state index contributed by atoms with van der Waals surface area (Å²) in [7, 11) is 0. The van der Waals surface area contributed by atoms with Gasteiger partial charge in [-0.05, 0) is 42.5 Å². The van der Waals surface area contributed by atoms with Crippen molar-refractivity contribution in [2.24, 2.45) is 5.84 Å². The average Bonchev–Trinajstić information content (AvgIpc) is 2.41. The standard InChI is InChI=1S/C14H18N4/c1-11-7-13(10-17-8-11)14(18-15)5-4-12-3-2-6-16-9-12/h2-3,6-10,14,18H,4-5,15H2,1H3. The van der Waals surface area contributed by atoms with Gasteiger partial charge < -0.3 is 0 Å². The molecule has 0 aliphatic heterocycles. The van der Waals surface area contributed by atoms with E-state index in [4.69, 9.17) is 5.84 Å². The largest absolute Gasteiger partial charge is 0.271 e. The van der Waals surface area contributed by atoms with Gasteiger partial charge in [0.15, 0.2) is 0 Å². The van der Waals surface area contributed by atoms with Crippen LogP contribution in [0.5, 0.6) is 0 Å². The highest BCUT2D eigenvalue weighted by molar-refractivity contribution is 5.20. The molecule has 1 unspecified atom stereocenters. The quantitative estimate of drug-likeness (QED) is 0.621. The van der Waals surface area contributed by atoms with E-state index in [1.54, 1.807) is 6.20 Å². The Balaban J connectivity index is 2.02. The van der Waals surface area contributed by atoms with E-state index in [0.717, 1.165) is 24.0 Å². The normalized spacial score (nSPS) is 12.3. The van der Waals surface area contributed by atoms with Gasteiger partial charge in [-0.1, -0.05) is 12.1 Å². The molecule has 4 nitrogen and oxygen atoms in total. The molecule has 0 aliphatic carbocycles. The summed E-state index contributed by atoms with van der Waals surface area (Å²) in [5.74, 6) is 5.63. The molecular weight excluding hydrogens is 224 g/mol. The fraction of sp³-hybridized carbons (Fsp3) is 0.286. The molecule has 0 spiro atoms. The molecule has 94 valence electrons. The van der Waals surface area contributed by atoms with Crippen molar-refractivity contribution in [2.75, 3.05) is 0 Å². The molecule has 2 heterocycles. The van der Waals surface area contributed by atoms with Crippen LogP contribution >= 0.6 is 0 Å². The second-order valence-corrected chi connectivity index (χ2v) is 4.41. The zero-order valence-electron chi connectivity index (χ0n) is 10.5. The molecule has 2 rings (SSSR count). The molecule has 3 N–H and O–H groups in total. The first-order chi connectivity index (χ1) is 8.79. The minimum atomic E-state index is 0.123. The molecule has 0 saturated heterocycles. The Morgan fingerprint density at radius 3 is 2.83 bits per heavy atom. The van der Waals surface area contributed by atoms with Gasteiger partial charge in [-0.3, -0.25) is 21.2 Å². The van der Waals surface area contributed by atoms with Gasteiger partial charge in [0.1, 0.15) is 0 Å². The van der Waals surface area contributed by atoms with Gasteiger partial charge in [-0.2, -0.15) is 0 Å². The molecule has 4 heteroatoms. The number of nitrogens with one attached hydrogen (secondary N) is 1. The number of hydrogen-bond donors (Lipinski definition) is 2. The smallest absolute Gasteiger partial charge is 0.0478 e. The Bertz CT molecular complexity index is 484. The predicted molar refractivity (Wildman–Crippen MR) is 71.6 cm³/mol. The second kappa shape index (κ2) is 6.23. The van der Waals surface area contributed by atoms with Gasteiger partial charge in [0.25, 0.3) is 0 Å². The van der Waals surface area contributed by atoms with Crippen LogP contribution in [0.25, 0.3) is 0 Å². The zero-order valence-corrected chi connectivity index (χ0v) is 10.5. The fourth-order valence-corrected chi connectivity index (χ4v) is 1.97. The van der Waals surface area contributed by atoms with Gasteiger partial charge >= 0.3 is 0 Å². The first-order valence-corrected chi connectivity index (χ1v) is 6.06. The van der Waals surface area contributed by atoms with E-state index in [9.17, 15) is 0 Å². The maximum absolute atomic E-state index is 5.63. The summed E-state index contributed by atoms with van der Waals surface area (Å²) in [6.07, 6.45) is 9.25. The topological polar surface area (TPSA) is 63.8 Å². The molecule has 18 heavy (non-hydrogen) atoms. The van der Waals surface area contributed by atoms with E-state index in [1.165, 1.54) is 5.56 Å². The van der Waals surface area contributed by atoms with Gasteiger partial charge in [-0.15, -0.1) is 0 Å². The van der Waals surface area contributed by atoms with Crippen LogP contribution < -0.4 is 11.3 Å². The van der Waals surface area contributed by atoms with Crippen molar-refractivity contribution < 1.29 is 0 Å². The molecule has 0 saturated carbocycles. The second-order valence-electron chi connectivity index (χ2n) is 4.41. The van der Waals surface area contributed by atoms with Crippen LogP contribution in [0.2, 0.25) is 0 Å². The van der Waals surface area contributed by atoms with Crippen molar-refractivity contribution in [3.8, 4) is 0 Å². The molecule has 1 atom stereocenters. The van der Waals surface area contributed by atoms with E-state index in [1.807, 2.05) is 31.6 Å². The van der Waals surface area contributed by atoms with Crippen LogP contribution in [-0.2, 0) is 6.42 Å². The van der Waals surface area contributed by atoms with Crippen molar-refractivity contribution in [3.05, 3.63) is 59.7 Å². The molecule has 0 aliphatic rings. The Kier molecular flexibility index (Phi) is 4.39. The maximum Gasteiger partial charge on any atom is 0.0478 e. The highest BCUT2D eigenvalue weighted by Gasteiger charge is 2.10. The Morgan fingerprint density at radius 2 is 2.17 bits per heavy atom. The maximum atomic E-state index is 5.63. The molecular formula is C14H18N4. The first-order valence-electron chi connectivity index (χ1n) is 6.06. The van der Waals surface area contributed by atoms with Gasteiger partial charge in [0.2, 0.25) is 0 Å². The number of nitrogens with two attached hydrogens (primary N) is 1. The minimum absolute atomic E-state index is 0.123. The number of hydrogen-bond acceptors (Lipinski definition) is 4. The summed E-state index contributed by atoms with van der Waals surface area (Å²) < 4.78 is 0. The molecule has 2 aromatic rings. The van der Waals surface area contributed by atoms with Crippen molar-refractivity contribution in [3.63, 3.8) is 0 Å². The average molecular weight is 242 g/mol. The van der Waals surface area contributed by atoms with Crippen LogP contribution in [0.15, 0.2) is 43.0 Å². The van der Waals surface area contributed by atoms with E-state index in [2.05, 4.69) is 27.5 Å². The third-order valence-electron chi connectivity index (χ3n) is 2.94. The molecule has 0 amide bonds. The Morgan fingerprint density at radius 1 is 1.28 bits per heavy atom. The molecule has 0 bridgehead atoms. The third-order valence-corrected chi connectivity index (χ3v) is 2.94. The summed E-state index contributed by atoms with van der Waals surface area (Å²) in [6.45, 7) is 2.03. The van der Waals surface area contributed by atoms with Crippen LogP contribution in [0.3, 0.4) is 0 Å². The van der Waals surface area contributed by atoms with E-state index < -0.39 is 0 Å². The van der Waals surface area contributed by atoms with Crippen LogP contribution in [-0.4, -0.2) is 9.97 Å². The van der Waals surface area contributed by atoms with Crippen LogP contribution in [0, 0.1) is 6.92 Å². The number of rotatable bonds is 5. The van der Waals surface area contributed by atoms with Crippen LogP contribution in [0.4, 0.5) is 0 Å². The summed E-state index contributed by atoms with van der Waals surface area (Å²) in [5.41, 5.74) is 6.35. The van der Waals surface area contributed by atoms with Crippen molar-refractivity contribution in [1.82, 2.24) is 15.4 Å². The molecule has 0 fully saturated rings. The molecule has 2 aromatic heterocycles. The van der Waals surface area contributed by atoms with Crippen molar-refractivity contribution >= 4 is 0 Å². The SMILES string of the molecule is Cc1cncc(C(CCc2cccnc2)NN)c1. The van der Waals surface area contributed by atoms with Gasteiger partial charge in [0.05, 0.1) is 0 Å². The summed E-state index contributed by atoms with van der Waals surface area (Å²) in [4.78, 5) is 8.31. The number of aromatic nitrogens is 2. The van der Waals surface area contributed by atoms with E-state index >= 15 is 0 Å². The predicted octanol–water partition coefficient (Wildman–Crippen LogP) is 1.92. The summed E-state index contributed by atoms with van der Waals surface area (Å²) in [6, 6.07) is 6.27. The minimum Gasteiger partial charge on any atom is -0.271 e. The number of pyridine rings is 2. The first kappa shape index (κ1) is 12.7. The lowest BCUT2D eigenvalue weighted by atomic mass is 10.0. The van der Waals surface area contributed by atoms with Crippen molar-refractivity contribution in [2.45, 2.75) is 25.8 Å². The van der Waals surface area contributed by atoms with Crippen LogP contribution in [0.1, 0.15) is 29.2 Å². The third kappa shape index (κ3) is 3.35. The van der Waals surface area contributed by atoms with E-state index in [-0.39, 0.29) is 6.04 Å². The highest BCUT2D eigenvalue weighted by atomic mass is 15.2. The lowest BCUT2D eigenvalue weighted by Crippen LogP contribution is -2.28. The van der Waals surface area contributed by atoms with E-state index in [0.29, 0.717) is 0 Å². The zero-order chi connectivity index (χ0) is 12.8. The number of aryl methyl sites for hydroxylation is 2. The Hall–Kier alpha value is -1.78. The monoisotopic (exact) mass is 242 g/mol. The number of nitrogens with zero attached hydrogens (tertiary/aromatic N) is 2. The fourth-order valence-electron chi connectivity index (χ4n) is 1.97. The Labute approximate surface area is 107 Å². The summed E-state index contributed by atoms with van der Waals surface area (Å²) >= 11 is 0.